The summed E-state index contributed by atoms with van der Waals surface area (Å²) in [7, 11) is -2.18. The fraction of sp³-hybridized carbons (Fsp3) is 0.333. The SMILES string of the molecule is CCS(C)(=O)=Nc1cccc(F)c1. The van der Waals surface area contributed by atoms with Crippen molar-refractivity contribution in [2.24, 2.45) is 4.36 Å². The van der Waals surface area contributed by atoms with E-state index in [0.717, 1.165) is 0 Å². The molecule has 1 aromatic rings. The third-order valence-electron chi connectivity index (χ3n) is 1.64. The minimum absolute atomic E-state index is 0.354. The maximum Gasteiger partial charge on any atom is 0.125 e. The first kappa shape index (κ1) is 10.2. The average Bonchev–Trinajstić information content (AvgIpc) is 2.03. The topological polar surface area (TPSA) is 29.4 Å². The largest absolute Gasteiger partial charge is 0.250 e. The molecule has 1 unspecified atom stereocenters. The Hall–Kier alpha value is -0.900. The number of hydrogen-bond acceptors (Lipinski definition) is 2. The molecule has 0 aliphatic heterocycles. The zero-order valence-electron chi connectivity index (χ0n) is 7.66. The minimum Gasteiger partial charge on any atom is -0.250 e. The van der Waals surface area contributed by atoms with E-state index in [4.69, 9.17) is 0 Å². The van der Waals surface area contributed by atoms with Crippen molar-refractivity contribution >= 4 is 15.4 Å². The Morgan fingerprint density at radius 2 is 2.23 bits per heavy atom. The van der Waals surface area contributed by atoms with E-state index >= 15 is 0 Å². The molecule has 0 N–H and O–H groups in total. The highest BCUT2D eigenvalue weighted by Gasteiger charge is 1.98. The van der Waals surface area contributed by atoms with Crippen LogP contribution in [-0.4, -0.2) is 16.2 Å². The van der Waals surface area contributed by atoms with Gasteiger partial charge in [0.05, 0.1) is 5.69 Å². The van der Waals surface area contributed by atoms with Crippen LogP contribution >= 0.6 is 0 Å². The van der Waals surface area contributed by atoms with Crippen LogP contribution in [0.15, 0.2) is 28.6 Å². The Labute approximate surface area is 78.0 Å². The maximum atomic E-state index is 12.7. The van der Waals surface area contributed by atoms with E-state index in [9.17, 15) is 8.60 Å². The van der Waals surface area contributed by atoms with Crippen LogP contribution < -0.4 is 0 Å². The smallest absolute Gasteiger partial charge is 0.125 e. The molecular weight excluding hydrogens is 189 g/mol. The molecule has 2 nitrogen and oxygen atoms in total. The highest BCUT2D eigenvalue weighted by atomic mass is 32.2. The number of benzene rings is 1. The molecule has 0 saturated heterocycles. The summed E-state index contributed by atoms with van der Waals surface area (Å²) >= 11 is 0. The molecule has 1 aromatic carbocycles. The van der Waals surface area contributed by atoms with E-state index in [1.54, 1.807) is 25.3 Å². The van der Waals surface area contributed by atoms with E-state index in [-0.39, 0.29) is 5.82 Å². The zero-order valence-corrected chi connectivity index (χ0v) is 8.47. The summed E-state index contributed by atoms with van der Waals surface area (Å²) in [6, 6.07) is 5.81. The molecule has 72 valence electrons. The maximum absolute atomic E-state index is 12.7. The van der Waals surface area contributed by atoms with Crippen LogP contribution in [0.1, 0.15) is 6.92 Å². The first-order valence-electron chi connectivity index (χ1n) is 3.99. The summed E-state index contributed by atoms with van der Waals surface area (Å²) in [5.41, 5.74) is 0.439. The Balaban J connectivity index is 3.12. The van der Waals surface area contributed by atoms with E-state index < -0.39 is 9.73 Å². The van der Waals surface area contributed by atoms with Gasteiger partial charge in [-0.3, -0.25) is 0 Å². The quantitative estimate of drug-likeness (QED) is 0.723. The van der Waals surface area contributed by atoms with Crippen LogP contribution in [0.4, 0.5) is 10.1 Å². The van der Waals surface area contributed by atoms with E-state index in [1.807, 2.05) is 0 Å². The lowest BCUT2D eigenvalue weighted by Gasteiger charge is -1.99. The van der Waals surface area contributed by atoms with Crippen molar-refractivity contribution in [1.29, 1.82) is 0 Å². The molecule has 0 amide bonds. The van der Waals surface area contributed by atoms with E-state index in [1.165, 1.54) is 12.1 Å². The third-order valence-corrected chi connectivity index (χ3v) is 3.31. The highest BCUT2D eigenvalue weighted by Crippen LogP contribution is 2.15. The lowest BCUT2D eigenvalue weighted by atomic mass is 10.3. The lowest BCUT2D eigenvalue weighted by Crippen LogP contribution is -1.97. The number of rotatable bonds is 2. The Morgan fingerprint density at radius 1 is 1.54 bits per heavy atom. The fourth-order valence-corrected chi connectivity index (χ4v) is 1.51. The fourth-order valence-electron chi connectivity index (χ4n) is 0.820. The molecule has 0 bridgehead atoms. The van der Waals surface area contributed by atoms with Crippen LogP contribution in [0.2, 0.25) is 0 Å². The summed E-state index contributed by atoms with van der Waals surface area (Å²) in [5, 5.41) is 0. The average molecular weight is 201 g/mol. The molecule has 4 heteroatoms. The van der Waals surface area contributed by atoms with Crippen LogP contribution in [0.25, 0.3) is 0 Å². The van der Waals surface area contributed by atoms with Crippen LogP contribution in [0, 0.1) is 5.82 Å². The molecule has 0 heterocycles. The third kappa shape index (κ3) is 3.14. The number of nitrogens with zero attached hydrogens (tertiary/aromatic N) is 1. The van der Waals surface area contributed by atoms with Gasteiger partial charge in [0.1, 0.15) is 5.82 Å². The van der Waals surface area contributed by atoms with Gasteiger partial charge in [0.2, 0.25) is 0 Å². The van der Waals surface area contributed by atoms with Crippen molar-refractivity contribution in [3.63, 3.8) is 0 Å². The van der Waals surface area contributed by atoms with Crippen molar-refractivity contribution in [2.75, 3.05) is 12.0 Å². The summed E-state index contributed by atoms with van der Waals surface area (Å²) in [6.45, 7) is 1.80. The number of halogens is 1. The molecule has 0 aliphatic carbocycles. The molecule has 0 fully saturated rings. The van der Waals surface area contributed by atoms with Gasteiger partial charge in [-0.05, 0) is 12.1 Å². The van der Waals surface area contributed by atoms with Gasteiger partial charge in [-0.1, -0.05) is 13.0 Å². The van der Waals surface area contributed by atoms with Crippen molar-refractivity contribution in [1.82, 2.24) is 0 Å². The summed E-state index contributed by atoms with van der Waals surface area (Å²) in [6.07, 6.45) is 1.57. The molecular formula is C9H12FNOS. The summed E-state index contributed by atoms with van der Waals surface area (Å²) in [5.74, 6) is 0.122. The second-order valence-corrected chi connectivity index (χ2v) is 5.50. The van der Waals surface area contributed by atoms with Gasteiger partial charge in [0.15, 0.2) is 0 Å². The molecule has 0 radical (unpaired) electrons. The van der Waals surface area contributed by atoms with Crippen LogP contribution in [0.5, 0.6) is 0 Å². The van der Waals surface area contributed by atoms with Gasteiger partial charge in [0.25, 0.3) is 0 Å². The zero-order chi connectivity index (χ0) is 9.90. The molecule has 0 aromatic heterocycles. The van der Waals surface area contributed by atoms with Crippen LogP contribution in [-0.2, 0) is 9.73 Å². The van der Waals surface area contributed by atoms with E-state index in [0.29, 0.717) is 11.4 Å². The minimum atomic E-state index is -2.18. The molecule has 1 atom stereocenters. The summed E-state index contributed by atoms with van der Waals surface area (Å²) < 4.78 is 28.2. The predicted molar refractivity (Wildman–Crippen MR) is 53.1 cm³/mol. The lowest BCUT2D eigenvalue weighted by molar-refractivity contribution is 0.628. The molecule has 1 rings (SSSR count). The van der Waals surface area contributed by atoms with Gasteiger partial charge < -0.3 is 0 Å². The first-order valence-corrected chi connectivity index (χ1v) is 6.08. The van der Waals surface area contributed by atoms with Gasteiger partial charge in [0, 0.05) is 27.8 Å². The predicted octanol–water partition coefficient (Wildman–Crippen LogP) is 2.57. The van der Waals surface area contributed by atoms with Crippen molar-refractivity contribution in [3.8, 4) is 0 Å². The molecule has 0 saturated carbocycles. The normalized spacial score (nSPS) is 15.0. The standard InChI is InChI=1S/C9H12FNOS/c1-3-13(2,12)11-9-6-4-5-8(10)7-9/h4-7H,3H2,1-2H3. The summed E-state index contributed by atoms with van der Waals surface area (Å²) in [4.78, 5) is 0. The molecule has 0 spiro atoms. The second kappa shape index (κ2) is 3.87. The first-order chi connectivity index (χ1) is 6.03. The highest BCUT2D eigenvalue weighted by molar-refractivity contribution is 7.93. The second-order valence-electron chi connectivity index (χ2n) is 2.82. The monoisotopic (exact) mass is 201 g/mol. The number of hydrogen-bond donors (Lipinski definition) is 0. The Kier molecular flexibility index (Phi) is 3.03. The van der Waals surface area contributed by atoms with Crippen molar-refractivity contribution in [2.45, 2.75) is 6.92 Å². The van der Waals surface area contributed by atoms with Gasteiger partial charge in [-0.2, -0.15) is 4.36 Å². The van der Waals surface area contributed by atoms with Gasteiger partial charge in [-0.25, -0.2) is 8.60 Å². The Bertz CT molecular complexity index is 408. The van der Waals surface area contributed by atoms with Crippen molar-refractivity contribution in [3.05, 3.63) is 30.1 Å². The van der Waals surface area contributed by atoms with Crippen LogP contribution in [0.3, 0.4) is 0 Å². The van der Waals surface area contributed by atoms with Crippen molar-refractivity contribution < 1.29 is 8.60 Å². The molecule has 13 heavy (non-hydrogen) atoms. The van der Waals surface area contributed by atoms with Gasteiger partial charge in [-0.15, -0.1) is 0 Å². The molecule has 0 aliphatic rings. The van der Waals surface area contributed by atoms with Gasteiger partial charge >= 0.3 is 0 Å². The van der Waals surface area contributed by atoms with E-state index in [2.05, 4.69) is 4.36 Å². The Morgan fingerprint density at radius 3 is 2.77 bits per heavy atom.